The Hall–Kier alpha value is 0.320. The molecule has 0 aliphatic rings. The van der Waals surface area contributed by atoms with Gasteiger partial charge in [0, 0.05) is 32.4 Å². The van der Waals surface area contributed by atoms with Crippen LogP contribution in [0.2, 0.25) is 0 Å². The van der Waals surface area contributed by atoms with Crippen molar-refractivity contribution >= 4 is 34.4 Å². The van der Waals surface area contributed by atoms with Crippen molar-refractivity contribution < 1.29 is 38.0 Å². The second kappa shape index (κ2) is 41.3. The van der Waals surface area contributed by atoms with Gasteiger partial charge in [0.15, 0.2) is 0 Å². The lowest BCUT2D eigenvalue weighted by molar-refractivity contribution is -0.870. The summed E-state index contributed by atoms with van der Waals surface area (Å²) in [7, 11) is 10.7. The van der Waals surface area contributed by atoms with Crippen molar-refractivity contribution in [2.24, 2.45) is 0 Å². The topological polar surface area (TPSA) is 61.4 Å². The maximum atomic E-state index is 11.7. The Labute approximate surface area is 307 Å². The smallest absolute Gasteiger partial charge is 0.219 e. The molecule has 0 atom stereocenters. The van der Waals surface area contributed by atoms with Gasteiger partial charge in [0.25, 0.3) is 0 Å². The first-order chi connectivity index (χ1) is 20.6. The average Bonchev–Trinajstić information content (AvgIpc) is 2.96. The Kier molecular flexibility index (Phi) is 48.1. The molecule has 0 aliphatic carbocycles. The second-order valence-corrected chi connectivity index (χ2v) is 13.4. The highest BCUT2D eigenvalue weighted by Gasteiger charge is 2.07. The maximum absolute atomic E-state index is 11.7. The predicted octanol–water partition coefficient (Wildman–Crippen LogP) is 6.15. The molecule has 0 fully saturated rings. The van der Waals surface area contributed by atoms with E-state index < -0.39 is 0 Å². The summed E-state index contributed by atoms with van der Waals surface area (Å²) in [5.74, 6) is 0.464. The second-order valence-electron chi connectivity index (χ2n) is 13.4. The molecular formula is C36H78I2N4O2. The van der Waals surface area contributed by atoms with E-state index in [2.05, 4.69) is 87.2 Å². The summed E-state index contributed by atoms with van der Waals surface area (Å²) in [6.45, 7) is 8.30. The Morgan fingerprint density at radius 2 is 0.864 bits per heavy atom. The molecule has 8 heteroatoms. The largest absolute Gasteiger partial charge is 1.00 e. The number of hydrogen-bond donors (Lipinski definition) is 2. The molecule has 0 saturated heterocycles. The van der Waals surface area contributed by atoms with E-state index in [1.165, 1.54) is 103 Å². The van der Waals surface area contributed by atoms with Crippen LogP contribution in [0.15, 0.2) is 0 Å². The molecule has 44 heavy (non-hydrogen) atoms. The number of carbonyl (C=O) groups is 2. The molecule has 0 bridgehead atoms. The molecule has 0 heterocycles. The van der Waals surface area contributed by atoms with E-state index in [4.69, 9.17) is 0 Å². The predicted molar refractivity (Wildman–Crippen MR) is 200 cm³/mol. The van der Waals surface area contributed by atoms with Crippen LogP contribution in [-0.4, -0.2) is 87.5 Å². The minimum atomic E-state index is 0. The molecule has 0 unspecified atom stereocenters. The first-order valence-corrected chi connectivity index (χ1v) is 20.1. The number of alkyl halides is 1. The first kappa shape index (κ1) is 51.2. The molecule has 268 valence electrons. The van der Waals surface area contributed by atoms with Crippen molar-refractivity contribution in [2.75, 3.05) is 66.3 Å². The quantitative estimate of drug-likeness (QED) is 0.0430. The molecule has 0 aromatic heterocycles. The molecule has 0 aromatic carbocycles. The van der Waals surface area contributed by atoms with Crippen LogP contribution in [0.5, 0.6) is 0 Å². The van der Waals surface area contributed by atoms with Gasteiger partial charge < -0.3 is 44.0 Å². The van der Waals surface area contributed by atoms with Gasteiger partial charge in [0.05, 0.1) is 27.7 Å². The van der Waals surface area contributed by atoms with E-state index in [0.717, 1.165) is 56.3 Å². The van der Waals surface area contributed by atoms with Crippen LogP contribution in [0, 0.1) is 0 Å². The fraction of sp³-hybridized carbons (Fsp3) is 0.944. The summed E-state index contributed by atoms with van der Waals surface area (Å²) in [5, 5.41) is 6.03. The SMILES string of the molecule is CCCCCCCCCCCC(=O)NCCCN(C)C.CCCCCCCCCCCC(=O)NCCC[N+](C)(C)C.CI.[I-]. The Morgan fingerprint density at radius 1 is 0.545 bits per heavy atom. The van der Waals surface area contributed by atoms with E-state index in [0.29, 0.717) is 12.8 Å². The van der Waals surface area contributed by atoms with Crippen molar-refractivity contribution in [3.05, 3.63) is 0 Å². The molecule has 0 saturated carbocycles. The number of amides is 2. The number of nitrogens with one attached hydrogen (secondary N) is 2. The van der Waals surface area contributed by atoms with E-state index in [1.807, 2.05) is 4.93 Å². The number of nitrogens with zero attached hydrogens (tertiary/aromatic N) is 2. The summed E-state index contributed by atoms with van der Waals surface area (Å²) in [4.78, 5) is 27.3. The standard InChI is InChI=1S/C18H38N2O.C17H36N2O.CH3I.HI/c1-5-6-7-8-9-10-11-12-13-15-18(21)19-16-14-17-20(2,3)4;1-4-5-6-7-8-9-10-11-12-14-17(20)18-15-13-16-19(2)3;1-2;/h5-17H2,1-4H3;4-16H2,1-3H3,(H,18,20);1H3;1H. The van der Waals surface area contributed by atoms with E-state index >= 15 is 0 Å². The lowest BCUT2D eigenvalue weighted by Gasteiger charge is -2.23. The van der Waals surface area contributed by atoms with Gasteiger partial charge in [-0.15, -0.1) is 0 Å². The zero-order chi connectivity index (χ0) is 33.0. The lowest BCUT2D eigenvalue weighted by Crippen LogP contribution is -3.00. The van der Waals surface area contributed by atoms with E-state index in [-0.39, 0.29) is 35.8 Å². The fourth-order valence-corrected chi connectivity index (χ4v) is 4.77. The summed E-state index contributed by atoms with van der Waals surface area (Å²) >= 11 is 2.15. The summed E-state index contributed by atoms with van der Waals surface area (Å²) in [6.07, 6.45) is 27.0. The van der Waals surface area contributed by atoms with Crippen LogP contribution >= 0.6 is 22.6 Å². The highest BCUT2D eigenvalue weighted by atomic mass is 127. The molecular weight excluding hydrogens is 774 g/mol. The number of rotatable bonds is 28. The van der Waals surface area contributed by atoms with Crippen LogP contribution in [0.3, 0.4) is 0 Å². The molecule has 2 amide bonds. The summed E-state index contributed by atoms with van der Waals surface area (Å²) in [5.41, 5.74) is 0. The number of carbonyl (C=O) groups excluding carboxylic acids is 2. The third-order valence-electron chi connectivity index (χ3n) is 7.45. The number of unbranched alkanes of at least 4 members (excludes halogenated alkanes) is 16. The highest BCUT2D eigenvalue weighted by Crippen LogP contribution is 2.11. The fourth-order valence-electron chi connectivity index (χ4n) is 4.77. The van der Waals surface area contributed by atoms with Gasteiger partial charge in [0.1, 0.15) is 0 Å². The number of hydrogen-bond acceptors (Lipinski definition) is 3. The first-order valence-electron chi connectivity index (χ1n) is 18.0. The van der Waals surface area contributed by atoms with Crippen LogP contribution in [0.25, 0.3) is 0 Å². The van der Waals surface area contributed by atoms with Gasteiger partial charge in [-0.05, 0) is 44.8 Å². The zero-order valence-corrected chi connectivity index (χ0v) is 35.2. The lowest BCUT2D eigenvalue weighted by atomic mass is 10.1. The van der Waals surface area contributed by atoms with Crippen molar-refractivity contribution in [2.45, 2.75) is 155 Å². The third kappa shape index (κ3) is 51.9. The van der Waals surface area contributed by atoms with Gasteiger partial charge in [-0.1, -0.05) is 139 Å². The molecule has 0 radical (unpaired) electrons. The highest BCUT2D eigenvalue weighted by molar-refractivity contribution is 14.1. The molecule has 6 nitrogen and oxygen atoms in total. The van der Waals surface area contributed by atoms with Crippen LogP contribution in [0.1, 0.15) is 155 Å². The maximum Gasteiger partial charge on any atom is 0.219 e. The number of quaternary nitrogens is 1. The summed E-state index contributed by atoms with van der Waals surface area (Å²) in [6, 6.07) is 0. The molecule has 2 N–H and O–H groups in total. The third-order valence-corrected chi connectivity index (χ3v) is 7.45. The number of halogens is 2. The van der Waals surface area contributed by atoms with Crippen molar-refractivity contribution in [3.8, 4) is 0 Å². The van der Waals surface area contributed by atoms with E-state index in [1.54, 1.807) is 0 Å². The molecule has 0 spiro atoms. The Bertz CT molecular complexity index is 573. The molecule has 0 aromatic rings. The summed E-state index contributed by atoms with van der Waals surface area (Å²) < 4.78 is 0.966. The minimum absolute atomic E-state index is 0. The van der Waals surface area contributed by atoms with Crippen molar-refractivity contribution in [1.29, 1.82) is 0 Å². The van der Waals surface area contributed by atoms with Crippen LogP contribution in [0.4, 0.5) is 0 Å². The molecule has 0 aliphatic heterocycles. The monoisotopic (exact) mass is 852 g/mol. The minimum Gasteiger partial charge on any atom is -1.00 e. The van der Waals surface area contributed by atoms with Crippen molar-refractivity contribution in [3.63, 3.8) is 0 Å². The van der Waals surface area contributed by atoms with Gasteiger partial charge in [-0.2, -0.15) is 0 Å². The van der Waals surface area contributed by atoms with Gasteiger partial charge in [0.2, 0.25) is 11.8 Å². The Balaban J connectivity index is -0.000000337. The zero-order valence-electron chi connectivity index (χ0n) is 30.9. The normalized spacial score (nSPS) is 10.7. The van der Waals surface area contributed by atoms with Crippen molar-refractivity contribution in [1.82, 2.24) is 15.5 Å². The van der Waals surface area contributed by atoms with E-state index in [9.17, 15) is 9.59 Å². The Morgan fingerprint density at radius 3 is 1.18 bits per heavy atom. The average molecular weight is 853 g/mol. The molecule has 0 rings (SSSR count). The van der Waals surface area contributed by atoms with Crippen LogP contribution < -0.4 is 34.6 Å². The van der Waals surface area contributed by atoms with Gasteiger partial charge in [-0.3, -0.25) is 9.59 Å². The van der Waals surface area contributed by atoms with Crippen LogP contribution in [-0.2, 0) is 9.59 Å². The van der Waals surface area contributed by atoms with Gasteiger partial charge >= 0.3 is 0 Å². The van der Waals surface area contributed by atoms with Gasteiger partial charge in [-0.25, -0.2) is 0 Å².